The molecule has 1 aromatic rings. The van der Waals surface area contributed by atoms with E-state index in [9.17, 15) is 13.2 Å². The summed E-state index contributed by atoms with van der Waals surface area (Å²) in [5.74, 6) is -1.78. The van der Waals surface area contributed by atoms with Crippen LogP contribution in [-0.2, 0) is 10.1 Å². The third-order valence-corrected chi connectivity index (χ3v) is 1.89. The Morgan fingerprint density at radius 3 is 2.20 bits per heavy atom. The van der Waals surface area contributed by atoms with Crippen molar-refractivity contribution in [2.45, 2.75) is 0 Å². The first-order valence-electron chi connectivity index (χ1n) is 3.80. The summed E-state index contributed by atoms with van der Waals surface area (Å²) in [6.45, 7) is 0. The van der Waals surface area contributed by atoms with Crippen molar-refractivity contribution < 1.29 is 27.6 Å². The zero-order valence-electron chi connectivity index (χ0n) is 7.45. The molecule has 0 atom stereocenters. The number of hydrogen-bond acceptors (Lipinski definition) is 4. The van der Waals surface area contributed by atoms with Gasteiger partial charge in [0.2, 0.25) is 5.94 Å². The highest BCUT2D eigenvalue weighted by Gasteiger charge is 2.06. The molecule has 0 saturated carbocycles. The van der Waals surface area contributed by atoms with E-state index in [2.05, 4.69) is 4.74 Å². The maximum absolute atomic E-state index is 10.5. The largest absolute Gasteiger partial charge is 0.478 e. The van der Waals surface area contributed by atoms with Crippen molar-refractivity contribution in [2.24, 2.45) is 0 Å². The van der Waals surface area contributed by atoms with E-state index in [0.717, 1.165) is 0 Å². The summed E-state index contributed by atoms with van der Waals surface area (Å²) in [6.07, 6.45) is 0. The highest BCUT2D eigenvalue weighted by Crippen LogP contribution is 2.12. The van der Waals surface area contributed by atoms with Gasteiger partial charge >= 0.3 is 16.1 Å². The minimum Gasteiger partial charge on any atom is -0.478 e. The van der Waals surface area contributed by atoms with E-state index >= 15 is 0 Å². The molecule has 82 valence electrons. The molecule has 0 bridgehead atoms. The predicted molar refractivity (Wildman–Crippen MR) is 50.4 cm³/mol. The Labute approximate surface area is 85.9 Å². The van der Waals surface area contributed by atoms with E-state index in [1.165, 1.54) is 24.3 Å². The van der Waals surface area contributed by atoms with Crippen LogP contribution < -0.4 is 4.74 Å². The lowest BCUT2D eigenvalue weighted by Crippen LogP contribution is -2.10. The van der Waals surface area contributed by atoms with Gasteiger partial charge in [-0.1, -0.05) is 0 Å². The first kappa shape index (κ1) is 11.5. The van der Waals surface area contributed by atoms with E-state index < -0.39 is 22.0 Å². The summed E-state index contributed by atoms with van der Waals surface area (Å²) in [6, 6.07) is 5.13. The van der Waals surface area contributed by atoms with E-state index in [4.69, 9.17) is 9.66 Å². The van der Waals surface area contributed by atoms with E-state index in [1.807, 2.05) is 0 Å². The fraction of sp³-hybridized carbons (Fsp3) is 0.125. The van der Waals surface area contributed by atoms with Gasteiger partial charge in [0.1, 0.15) is 5.75 Å². The van der Waals surface area contributed by atoms with Crippen molar-refractivity contribution in [3.8, 4) is 5.75 Å². The molecule has 6 nitrogen and oxygen atoms in total. The fourth-order valence-corrected chi connectivity index (χ4v) is 1.12. The van der Waals surface area contributed by atoms with Gasteiger partial charge < -0.3 is 9.84 Å². The van der Waals surface area contributed by atoms with Gasteiger partial charge in [-0.2, -0.15) is 8.42 Å². The zero-order chi connectivity index (χ0) is 11.5. The summed E-state index contributed by atoms with van der Waals surface area (Å²) >= 11 is 0. The number of rotatable bonds is 4. The summed E-state index contributed by atoms with van der Waals surface area (Å²) < 4.78 is 33.7. The lowest BCUT2D eigenvalue weighted by molar-refractivity contribution is 0.0697. The number of aromatic carboxylic acids is 1. The monoisotopic (exact) mass is 232 g/mol. The number of hydrogen-bond donors (Lipinski definition) is 2. The summed E-state index contributed by atoms with van der Waals surface area (Å²) in [4.78, 5) is 10.5. The standard InChI is InChI=1S/C8H8O6S/c9-8(10)6-1-3-7(4-2-6)14-5-15(11,12)13/h1-4H,5H2,(H,9,10)(H,11,12,13). The van der Waals surface area contributed by atoms with Crippen LogP contribution in [0.25, 0.3) is 0 Å². The molecule has 0 radical (unpaired) electrons. The quantitative estimate of drug-likeness (QED) is 0.737. The lowest BCUT2D eigenvalue weighted by Gasteiger charge is -2.03. The van der Waals surface area contributed by atoms with E-state index in [1.54, 1.807) is 0 Å². The van der Waals surface area contributed by atoms with Gasteiger partial charge in [-0.05, 0) is 24.3 Å². The van der Waals surface area contributed by atoms with Crippen LogP contribution in [0.3, 0.4) is 0 Å². The molecule has 1 aromatic carbocycles. The van der Waals surface area contributed by atoms with Crippen molar-refractivity contribution in [3.63, 3.8) is 0 Å². The van der Waals surface area contributed by atoms with Gasteiger partial charge in [0.15, 0.2) is 0 Å². The van der Waals surface area contributed by atoms with Crippen molar-refractivity contribution in [2.75, 3.05) is 5.94 Å². The Kier molecular flexibility index (Phi) is 3.28. The Balaban J connectivity index is 2.69. The van der Waals surface area contributed by atoms with E-state index in [-0.39, 0.29) is 11.3 Å². The molecule has 2 N–H and O–H groups in total. The Morgan fingerprint density at radius 1 is 1.27 bits per heavy atom. The van der Waals surface area contributed by atoms with Gasteiger partial charge in [-0.3, -0.25) is 4.55 Å². The van der Waals surface area contributed by atoms with Crippen LogP contribution in [0.4, 0.5) is 0 Å². The van der Waals surface area contributed by atoms with Crippen LogP contribution in [0.2, 0.25) is 0 Å². The van der Waals surface area contributed by atoms with E-state index in [0.29, 0.717) is 0 Å². The normalized spacial score (nSPS) is 11.0. The maximum atomic E-state index is 10.5. The minimum atomic E-state index is -4.19. The summed E-state index contributed by atoms with van der Waals surface area (Å²) in [5.41, 5.74) is 0.0641. The number of ether oxygens (including phenoxy) is 1. The van der Waals surface area contributed by atoms with Gasteiger partial charge in [0.05, 0.1) is 5.56 Å². The highest BCUT2D eigenvalue weighted by molar-refractivity contribution is 7.85. The zero-order valence-corrected chi connectivity index (χ0v) is 8.27. The van der Waals surface area contributed by atoms with Gasteiger partial charge in [-0.25, -0.2) is 4.79 Å². The Bertz CT molecular complexity index is 447. The molecule has 0 aliphatic carbocycles. The van der Waals surface area contributed by atoms with Crippen LogP contribution in [-0.4, -0.2) is 30.0 Å². The predicted octanol–water partition coefficient (Wildman–Crippen LogP) is 0.609. The van der Waals surface area contributed by atoms with Crippen molar-refractivity contribution in [1.29, 1.82) is 0 Å². The second-order valence-corrected chi connectivity index (χ2v) is 4.07. The van der Waals surface area contributed by atoms with Crippen LogP contribution in [0.1, 0.15) is 10.4 Å². The molecule has 0 spiro atoms. The first-order valence-corrected chi connectivity index (χ1v) is 5.41. The second-order valence-electron chi connectivity index (χ2n) is 2.67. The summed E-state index contributed by atoms with van der Waals surface area (Å²) in [7, 11) is -4.19. The second kappa shape index (κ2) is 4.28. The number of carbonyl (C=O) groups is 1. The Hall–Kier alpha value is -1.60. The molecule has 0 amide bonds. The summed E-state index contributed by atoms with van der Waals surface area (Å²) in [5, 5.41) is 8.56. The van der Waals surface area contributed by atoms with Crippen molar-refractivity contribution >= 4 is 16.1 Å². The molecule has 0 aliphatic rings. The molecule has 1 rings (SSSR count). The SMILES string of the molecule is O=C(O)c1ccc(OCS(=O)(=O)O)cc1. The first-order chi connectivity index (χ1) is 6.88. The molecule has 0 heterocycles. The van der Waals surface area contributed by atoms with Crippen LogP contribution in [0.5, 0.6) is 5.75 Å². The average molecular weight is 232 g/mol. The molecule has 15 heavy (non-hydrogen) atoms. The molecule has 0 aliphatic heterocycles. The Morgan fingerprint density at radius 2 is 1.80 bits per heavy atom. The smallest absolute Gasteiger partial charge is 0.335 e. The van der Waals surface area contributed by atoms with Crippen molar-refractivity contribution in [3.05, 3.63) is 29.8 Å². The average Bonchev–Trinajstić information content (AvgIpc) is 2.14. The topological polar surface area (TPSA) is 101 Å². The lowest BCUT2D eigenvalue weighted by atomic mass is 10.2. The van der Waals surface area contributed by atoms with Crippen LogP contribution >= 0.6 is 0 Å². The maximum Gasteiger partial charge on any atom is 0.335 e. The molecule has 0 fully saturated rings. The third-order valence-electron chi connectivity index (χ3n) is 1.48. The van der Waals surface area contributed by atoms with Gasteiger partial charge in [0.25, 0.3) is 0 Å². The highest BCUT2D eigenvalue weighted by atomic mass is 32.2. The minimum absolute atomic E-state index is 0.0641. The number of carboxylic acids is 1. The van der Waals surface area contributed by atoms with Crippen LogP contribution in [0.15, 0.2) is 24.3 Å². The molecular formula is C8H8O6S. The molecule has 7 heteroatoms. The van der Waals surface area contributed by atoms with Crippen LogP contribution in [0, 0.1) is 0 Å². The third kappa shape index (κ3) is 3.96. The fourth-order valence-electron chi connectivity index (χ4n) is 0.836. The molecule has 0 saturated heterocycles. The van der Waals surface area contributed by atoms with Crippen molar-refractivity contribution in [1.82, 2.24) is 0 Å². The number of benzene rings is 1. The molecule has 0 unspecified atom stereocenters. The number of carboxylic acid groups (broad SMARTS) is 1. The van der Waals surface area contributed by atoms with Gasteiger partial charge in [0, 0.05) is 0 Å². The molecule has 0 aromatic heterocycles. The van der Waals surface area contributed by atoms with Gasteiger partial charge in [-0.15, -0.1) is 0 Å². The molecular weight excluding hydrogens is 224 g/mol.